The Morgan fingerprint density at radius 2 is 1.63 bits per heavy atom. The summed E-state index contributed by atoms with van der Waals surface area (Å²) in [5.41, 5.74) is 2.25. The Balaban J connectivity index is 2.42. The summed E-state index contributed by atoms with van der Waals surface area (Å²) >= 11 is 0. The van der Waals surface area contributed by atoms with Crippen molar-refractivity contribution in [1.82, 2.24) is 0 Å². The normalized spacial score (nSPS) is 14.1. The fourth-order valence-corrected chi connectivity index (χ4v) is 2.26. The maximum atomic E-state index is 10.7. The largest absolute Gasteiger partial charge is 0.385 e. The Bertz CT molecular complexity index is 518. The molecule has 100 valence electrons. The van der Waals surface area contributed by atoms with E-state index in [1.807, 2.05) is 49.4 Å². The minimum absolute atomic E-state index is 0.538. The van der Waals surface area contributed by atoms with Crippen LogP contribution in [-0.2, 0) is 10.3 Å². The molecule has 0 saturated heterocycles. The lowest BCUT2D eigenvalue weighted by Gasteiger charge is -2.26. The monoisotopic (exact) mass is 256 g/mol. The van der Waals surface area contributed by atoms with Crippen molar-refractivity contribution in [1.29, 1.82) is 0 Å². The summed E-state index contributed by atoms with van der Waals surface area (Å²) in [5, 5.41) is 10.7. The zero-order valence-corrected chi connectivity index (χ0v) is 11.5. The first-order valence-electron chi connectivity index (χ1n) is 6.51. The number of rotatable bonds is 5. The zero-order chi connectivity index (χ0) is 13.7. The number of ether oxygens (including phenoxy) is 1. The molecule has 0 aliphatic rings. The van der Waals surface area contributed by atoms with E-state index in [0.717, 1.165) is 16.7 Å². The molecule has 0 saturated carbocycles. The van der Waals surface area contributed by atoms with Gasteiger partial charge in [-0.2, -0.15) is 0 Å². The van der Waals surface area contributed by atoms with Crippen LogP contribution in [0.15, 0.2) is 54.6 Å². The molecule has 0 fully saturated rings. The minimum atomic E-state index is -0.886. The van der Waals surface area contributed by atoms with E-state index in [1.54, 1.807) is 7.11 Å². The molecule has 0 heterocycles. The Hall–Kier alpha value is -1.64. The SMILES string of the molecule is COCCC(C)(O)c1ccccc1-c1ccccc1. The molecule has 2 aromatic carbocycles. The first-order valence-corrected chi connectivity index (χ1v) is 6.51. The van der Waals surface area contributed by atoms with Crippen molar-refractivity contribution in [3.05, 3.63) is 60.2 Å². The summed E-state index contributed by atoms with van der Waals surface area (Å²) in [5.74, 6) is 0. The second-order valence-electron chi connectivity index (χ2n) is 4.93. The number of benzene rings is 2. The van der Waals surface area contributed by atoms with Gasteiger partial charge in [-0.25, -0.2) is 0 Å². The maximum Gasteiger partial charge on any atom is 0.0896 e. The molecule has 0 aliphatic heterocycles. The Morgan fingerprint density at radius 1 is 1.00 bits per heavy atom. The first kappa shape index (κ1) is 13.8. The highest BCUT2D eigenvalue weighted by atomic mass is 16.5. The van der Waals surface area contributed by atoms with Gasteiger partial charge in [0, 0.05) is 20.1 Å². The molecule has 0 aromatic heterocycles. The van der Waals surface area contributed by atoms with Crippen LogP contribution in [-0.4, -0.2) is 18.8 Å². The highest BCUT2D eigenvalue weighted by molar-refractivity contribution is 5.68. The molecule has 2 nitrogen and oxygen atoms in total. The molecule has 2 aromatic rings. The number of methoxy groups -OCH3 is 1. The number of hydrogen-bond donors (Lipinski definition) is 1. The van der Waals surface area contributed by atoms with Crippen LogP contribution in [0.1, 0.15) is 18.9 Å². The molecule has 1 N–H and O–H groups in total. The highest BCUT2D eigenvalue weighted by Gasteiger charge is 2.25. The second kappa shape index (κ2) is 6.00. The molecule has 1 atom stereocenters. The van der Waals surface area contributed by atoms with E-state index >= 15 is 0 Å². The van der Waals surface area contributed by atoms with E-state index in [0.29, 0.717) is 13.0 Å². The van der Waals surface area contributed by atoms with Crippen molar-refractivity contribution in [3.8, 4) is 11.1 Å². The van der Waals surface area contributed by atoms with Gasteiger partial charge in [-0.05, 0) is 23.6 Å². The van der Waals surface area contributed by atoms with Crippen LogP contribution < -0.4 is 0 Å². The third kappa shape index (κ3) is 3.22. The average molecular weight is 256 g/mol. The lowest BCUT2D eigenvalue weighted by atomic mass is 9.86. The van der Waals surface area contributed by atoms with Gasteiger partial charge in [0.1, 0.15) is 0 Å². The standard InChI is InChI=1S/C17H20O2/c1-17(18,12-13-19-2)16-11-7-6-10-15(16)14-8-4-3-5-9-14/h3-11,18H,12-13H2,1-2H3. The molecular weight excluding hydrogens is 236 g/mol. The van der Waals surface area contributed by atoms with Crippen LogP contribution in [0.2, 0.25) is 0 Å². The zero-order valence-electron chi connectivity index (χ0n) is 11.5. The molecule has 0 aliphatic carbocycles. The molecule has 19 heavy (non-hydrogen) atoms. The third-order valence-corrected chi connectivity index (χ3v) is 3.39. The van der Waals surface area contributed by atoms with E-state index in [2.05, 4.69) is 12.1 Å². The fourth-order valence-electron chi connectivity index (χ4n) is 2.26. The summed E-state index contributed by atoms with van der Waals surface area (Å²) in [7, 11) is 1.65. The number of hydrogen-bond acceptors (Lipinski definition) is 2. The molecular formula is C17H20O2. The highest BCUT2D eigenvalue weighted by Crippen LogP contribution is 2.33. The molecule has 0 bridgehead atoms. The maximum absolute atomic E-state index is 10.7. The predicted molar refractivity (Wildman–Crippen MR) is 77.9 cm³/mol. The summed E-state index contributed by atoms with van der Waals surface area (Å²) < 4.78 is 5.08. The van der Waals surface area contributed by atoms with E-state index < -0.39 is 5.60 Å². The van der Waals surface area contributed by atoms with Crippen molar-refractivity contribution in [3.63, 3.8) is 0 Å². The van der Waals surface area contributed by atoms with Crippen LogP contribution in [0.5, 0.6) is 0 Å². The minimum Gasteiger partial charge on any atom is -0.385 e. The van der Waals surface area contributed by atoms with Gasteiger partial charge in [0.25, 0.3) is 0 Å². The van der Waals surface area contributed by atoms with Gasteiger partial charge >= 0.3 is 0 Å². The van der Waals surface area contributed by atoms with E-state index in [9.17, 15) is 5.11 Å². The molecule has 0 radical (unpaired) electrons. The average Bonchev–Trinajstić information content (AvgIpc) is 2.46. The van der Waals surface area contributed by atoms with Crippen molar-refractivity contribution in [2.24, 2.45) is 0 Å². The number of aliphatic hydroxyl groups is 1. The summed E-state index contributed by atoms with van der Waals surface area (Å²) in [6.45, 7) is 2.38. The first-order chi connectivity index (χ1) is 9.15. The van der Waals surface area contributed by atoms with Crippen LogP contribution >= 0.6 is 0 Å². The van der Waals surface area contributed by atoms with E-state index in [4.69, 9.17) is 4.74 Å². The lowest BCUT2D eigenvalue weighted by Crippen LogP contribution is -2.24. The van der Waals surface area contributed by atoms with Crippen LogP contribution in [0.3, 0.4) is 0 Å². The van der Waals surface area contributed by atoms with Gasteiger partial charge in [-0.1, -0.05) is 54.6 Å². The summed E-state index contributed by atoms with van der Waals surface area (Å²) in [6.07, 6.45) is 0.577. The molecule has 2 heteroatoms. The predicted octanol–water partition coefficient (Wildman–Crippen LogP) is 3.60. The molecule has 0 spiro atoms. The molecule has 1 unspecified atom stereocenters. The van der Waals surface area contributed by atoms with Crippen LogP contribution in [0.4, 0.5) is 0 Å². The lowest BCUT2D eigenvalue weighted by molar-refractivity contribution is 0.0215. The van der Waals surface area contributed by atoms with Gasteiger partial charge in [0.15, 0.2) is 0 Å². The Kier molecular flexibility index (Phi) is 4.35. The van der Waals surface area contributed by atoms with Crippen LogP contribution in [0, 0.1) is 0 Å². The van der Waals surface area contributed by atoms with Crippen molar-refractivity contribution in [2.75, 3.05) is 13.7 Å². The second-order valence-corrected chi connectivity index (χ2v) is 4.93. The third-order valence-electron chi connectivity index (χ3n) is 3.39. The van der Waals surface area contributed by atoms with Crippen molar-refractivity contribution < 1.29 is 9.84 Å². The Morgan fingerprint density at radius 3 is 2.32 bits per heavy atom. The van der Waals surface area contributed by atoms with Crippen LogP contribution in [0.25, 0.3) is 11.1 Å². The van der Waals surface area contributed by atoms with Gasteiger partial charge < -0.3 is 9.84 Å². The summed E-state index contributed by atoms with van der Waals surface area (Å²) in [6, 6.07) is 18.1. The van der Waals surface area contributed by atoms with Gasteiger partial charge in [0.05, 0.1) is 5.60 Å². The van der Waals surface area contributed by atoms with Crippen molar-refractivity contribution >= 4 is 0 Å². The Labute approximate surface area is 114 Å². The van der Waals surface area contributed by atoms with E-state index in [-0.39, 0.29) is 0 Å². The van der Waals surface area contributed by atoms with Gasteiger partial charge in [-0.3, -0.25) is 0 Å². The molecule has 2 rings (SSSR count). The summed E-state index contributed by atoms with van der Waals surface area (Å²) in [4.78, 5) is 0. The smallest absolute Gasteiger partial charge is 0.0896 e. The van der Waals surface area contributed by atoms with Gasteiger partial charge in [0.2, 0.25) is 0 Å². The van der Waals surface area contributed by atoms with E-state index in [1.165, 1.54) is 0 Å². The fraction of sp³-hybridized carbons (Fsp3) is 0.294. The van der Waals surface area contributed by atoms with Crippen molar-refractivity contribution in [2.45, 2.75) is 18.9 Å². The van der Waals surface area contributed by atoms with Gasteiger partial charge in [-0.15, -0.1) is 0 Å². The quantitative estimate of drug-likeness (QED) is 0.885. The molecule has 0 amide bonds. The topological polar surface area (TPSA) is 29.5 Å².